The van der Waals surface area contributed by atoms with E-state index in [2.05, 4.69) is 20.9 Å². The number of amides is 2. The first-order valence-electron chi connectivity index (χ1n) is 9.14. The van der Waals surface area contributed by atoms with Crippen LogP contribution in [0.5, 0.6) is 0 Å². The Morgan fingerprint density at radius 1 is 1.11 bits per heavy atom. The predicted octanol–water partition coefficient (Wildman–Crippen LogP) is 2.94. The zero-order chi connectivity index (χ0) is 19.9. The van der Waals surface area contributed by atoms with Crippen LogP contribution in [-0.4, -0.2) is 41.3 Å². The maximum atomic E-state index is 12.2. The molecule has 2 N–H and O–H groups in total. The molecule has 0 saturated carbocycles. The van der Waals surface area contributed by atoms with Gasteiger partial charge in [0.15, 0.2) is 0 Å². The van der Waals surface area contributed by atoms with Crippen LogP contribution in [0.25, 0.3) is 0 Å². The molecule has 3 rings (SSSR count). The van der Waals surface area contributed by atoms with Gasteiger partial charge in [-0.15, -0.1) is 0 Å². The topological polar surface area (TPSA) is 105 Å². The molecule has 28 heavy (non-hydrogen) atoms. The Hall–Kier alpha value is -2.78. The summed E-state index contributed by atoms with van der Waals surface area (Å²) in [7, 11) is 0. The molecule has 1 aromatic carbocycles. The molecule has 148 valence electrons. The standard InChI is InChI=1S/C19H22N4O4S/c24-18(19(25)21-15-4-6-16(7-5-15)23(26)27)20-12-17(14-8-11-28-13-14)22-9-2-1-3-10-22/h4-8,11,13,17H,1-3,9-10,12H2,(H,20,24)(H,21,25). The Balaban J connectivity index is 1.57. The fourth-order valence-electron chi connectivity index (χ4n) is 3.28. The summed E-state index contributed by atoms with van der Waals surface area (Å²) in [6.45, 7) is 2.31. The lowest BCUT2D eigenvalue weighted by Crippen LogP contribution is -2.43. The van der Waals surface area contributed by atoms with E-state index in [-0.39, 0.29) is 11.7 Å². The van der Waals surface area contributed by atoms with Crippen molar-refractivity contribution in [2.75, 3.05) is 25.0 Å². The van der Waals surface area contributed by atoms with E-state index >= 15 is 0 Å². The van der Waals surface area contributed by atoms with Crippen LogP contribution in [0.1, 0.15) is 30.9 Å². The first kappa shape index (κ1) is 20.0. The molecule has 0 radical (unpaired) electrons. The molecule has 2 heterocycles. The van der Waals surface area contributed by atoms with Gasteiger partial charge in [0.1, 0.15) is 0 Å². The van der Waals surface area contributed by atoms with Crippen LogP contribution in [0.15, 0.2) is 41.1 Å². The molecule has 1 aliphatic heterocycles. The summed E-state index contributed by atoms with van der Waals surface area (Å²) in [6.07, 6.45) is 3.49. The summed E-state index contributed by atoms with van der Waals surface area (Å²) in [4.78, 5) is 36.9. The van der Waals surface area contributed by atoms with Crippen molar-refractivity contribution < 1.29 is 14.5 Å². The van der Waals surface area contributed by atoms with E-state index in [4.69, 9.17) is 0 Å². The predicted molar refractivity (Wildman–Crippen MR) is 107 cm³/mol. The first-order valence-corrected chi connectivity index (χ1v) is 10.1. The number of carbonyl (C=O) groups excluding carboxylic acids is 2. The van der Waals surface area contributed by atoms with Crippen LogP contribution >= 0.6 is 11.3 Å². The van der Waals surface area contributed by atoms with E-state index in [0.29, 0.717) is 12.2 Å². The third kappa shape index (κ3) is 5.14. The maximum Gasteiger partial charge on any atom is 0.313 e. The smallest absolute Gasteiger partial charge is 0.313 e. The van der Waals surface area contributed by atoms with Crippen molar-refractivity contribution in [3.63, 3.8) is 0 Å². The SMILES string of the molecule is O=C(NCC(c1ccsc1)N1CCCCC1)C(=O)Nc1ccc([N+](=O)[O-])cc1. The second-order valence-electron chi connectivity index (χ2n) is 6.64. The van der Waals surface area contributed by atoms with Crippen molar-refractivity contribution in [1.29, 1.82) is 0 Å². The minimum atomic E-state index is -0.795. The van der Waals surface area contributed by atoms with E-state index in [1.165, 1.54) is 30.7 Å². The van der Waals surface area contributed by atoms with Gasteiger partial charge in [0.25, 0.3) is 5.69 Å². The third-order valence-electron chi connectivity index (χ3n) is 4.76. The molecule has 0 aliphatic carbocycles. The van der Waals surface area contributed by atoms with E-state index in [0.717, 1.165) is 31.5 Å². The summed E-state index contributed by atoms with van der Waals surface area (Å²) in [5.41, 5.74) is 1.39. The van der Waals surface area contributed by atoms with Crippen LogP contribution in [0, 0.1) is 10.1 Å². The molecule has 1 aliphatic rings. The van der Waals surface area contributed by atoms with Gasteiger partial charge in [-0.25, -0.2) is 0 Å². The normalized spacial score (nSPS) is 15.6. The van der Waals surface area contributed by atoms with Crippen molar-refractivity contribution in [2.24, 2.45) is 0 Å². The summed E-state index contributed by atoms with van der Waals surface area (Å²) < 4.78 is 0. The molecule has 1 atom stereocenters. The molecule has 1 unspecified atom stereocenters. The number of hydrogen-bond acceptors (Lipinski definition) is 6. The number of carbonyl (C=O) groups is 2. The molecule has 8 nitrogen and oxygen atoms in total. The van der Waals surface area contributed by atoms with Gasteiger partial charge in [-0.1, -0.05) is 6.42 Å². The molecule has 1 aromatic heterocycles. The number of nitrogens with one attached hydrogen (secondary N) is 2. The molecule has 2 aromatic rings. The minimum absolute atomic E-state index is 0.0441. The van der Waals surface area contributed by atoms with Gasteiger partial charge < -0.3 is 10.6 Å². The Bertz CT molecular complexity index is 817. The lowest BCUT2D eigenvalue weighted by molar-refractivity contribution is -0.384. The van der Waals surface area contributed by atoms with Crippen molar-refractivity contribution in [3.05, 3.63) is 56.8 Å². The molecule has 0 spiro atoms. The van der Waals surface area contributed by atoms with Crippen LogP contribution in [0.3, 0.4) is 0 Å². The van der Waals surface area contributed by atoms with Crippen LogP contribution in [0.4, 0.5) is 11.4 Å². The second-order valence-corrected chi connectivity index (χ2v) is 7.42. The van der Waals surface area contributed by atoms with Crippen molar-refractivity contribution >= 4 is 34.5 Å². The average molecular weight is 402 g/mol. The number of nitro groups is 1. The number of rotatable bonds is 6. The number of non-ortho nitro benzene ring substituents is 1. The van der Waals surface area contributed by atoms with E-state index < -0.39 is 16.7 Å². The van der Waals surface area contributed by atoms with Gasteiger partial charge in [-0.05, 0) is 60.5 Å². The van der Waals surface area contributed by atoms with Crippen molar-refractivity contribution in [2.45, 2.75) is 25.3 Å². The lowest BCUT2D eigenvalue weighted by Gasteiger charge is -2.34. The number of nitro benzene ring substituents is 1. The Kier molecular flexibility index (Phi) is 6.72. The number of piperidine rings is 1. The molecule has 2 amide bonds. The fraction of sp³-hybridized carbons (Fsp3) is 0.368. The first-order chi connectivity index (χ1) is 13.5. The molecular weight excluding hydrogens is 380 g/mol. The quantitative estimate of drug-likeness (QED) is 0.439. The number of anilines is 1. The Morgan fingerprint density at radius 3 is 2.43 bits per heavy atom. The number of likely N-dealkylation sites (tertiary alicyclic amines) is 1. The van der Waals surface area contributed by atoms with Gasteiger partial charge in [-0.2, -0.15) is 11.3 Å². The Morgan fingerprint density at radius 2 is 1.82 bits per heavy atom. The summed E-state index contributed by atoms with van der Waals surface area (Å²) in [5, 5.41) is 19.9. The van der Waals surface area contributed by atoms with Crippen molar-refractivity contribution in [3.8, 4) is 0 Å². The van der Waals surface area contributed by atoms with Crippen molar-refractivity contribution in [1.82, 2.24) is 10.2 Å². The fourth-order valence-corrected chi connectivity index (χ4v) is 3.98. The lowest BCUT2D eigenvalue weighted by atomic mass is 10.0. The van der Waals surface area contributed by atoms with Crippen LogP contribution in [0.2, 0.25) is 0 Å². The summed E-state index contributed by atoms with van der Waals surface area (Å²) in [5.74, 6) is -1.52. The summed E-state index contributed by atoms with van der Waals surface area (Å²) in [6, 6.07) is 7.43. The zero-order valence-corrected chi connectivity index (χ0v) is 16.1. The molecule has 0 bridgehead atoms. The highest BCUT2D eigenvalue weighted by molar-refractivity contribution is 7.08. The number of thiophene rings is 1. The Labute approximate surface area is 166 Å². The van der Waals surface area contributed by atoms with E-state index in [9.17, 15) is 19.7 Å². The van der Waals surface area contributed by atoms with Crippen LogP contribution < -0.4 is 10.6 Å². The van der Waals surface area contributed by atoms with Gasteiger partial charge in [0.2, 0.25) is 0 Å². The second kappa shape index (κ2) is 9.43. The molecular formula is C19H22N4O4S. The molecule has 1 fully saturated rings. The van der Waals surface area contributed by atoms with Gasteiger partial charge in [0, 0.05) is 24.4 Å². The monoisotopic (exact) mass is 402 g/mol. The average Bonchev–Trinajstić information content (AvgIpc) is 3.23. The highest BCUT2D eigenvalue weighted by atomic mass is 32.1. The number of nitrogens with zero attached hydrogens (tertiary/aromatic N) is 2. The minimum Gasteiger partial charge on any atom is -0.346 e. The summed E-state index contributed by atoms with van der Waals surface area (Å²) >= 11 is 1.61. The van der Waals surface area contributed by atoms with E-state index in [1.807, 2.05) is 11.4 Å². The zero-order valence-electron chi connectivity index (χ0n) is 15.3. The van der Waals surface area contributed by atoms with Gasteiger partial charge in [-0.3, -0.25) is 24.6 Å². The van der Waals surface area contributed by atoms with Crippen LogP contribution in [-0.2, 0) is 9.59 Å². The maximum absolute atomic E-state index is 12.2. The molecule has 9 heteroatoms. The van der Waals surface area contributed by atoms with E-state index in [1.54, 1.807) is 11.3 Å². The van der Waals surface area contributed by atoms with Gasteiger partial charge in [0.05, 0.1) is 11.0 Å². The largest absolute Gasteiger partial charge is 0.346 e. The third-order valence-corrected chi connectivity index (χ3v) is 5.46. The molecule has 1 saturated heterocycles. The highest BCUT2D eigenvalue weighted by Crippen LogP contribution is 2.25. The number of benzene rings is 1. The highest BCUT2D eigenvalue weighted by Gasteiger charge is 2.24. The van der Waals surface area contributed by atoms with Gasteiger partial charge >= 0.3 is 11.8 Å². The number of hydrogen-bond donors (Lipinski definition) is 2.